The summed E-state index contributed by atoms with van der Waals surface area (Å²) in [5.74, 6) is -16.5. The van der Waals surface area contributed by atoms with Crippen LogP contribution in [0.1, 0.15) is 0 Å². The van der Waals surface area contributed by atoms with Crippen LogP contribution < -0.4 is 0 Å². The fourth-order valence-electron chi connectivity index (χ4n) is 1.67. The quantitative estimate of drug-likeness (QED) is 0.283. The molecule has 0 heterocycles. The van der Waals surface area contributed by atoms with Gasteiger partial charge in [0.05, 0.1) is 5.56 Å². The van der Waals surface area contributed by atoms with Crippen LogP contribution in [0.3, 0.4) is 0 Å². The number of hydrogen-bond donors (Lipinski definition) is 4. The van der Waals surface area contributed by atoms with Crippen LogP contribution in [0, 0.1) is 29.1 Å². The highest BCUT2D eigenvalue weighted by molar-refractivity contribution is 5.75. The Bertz CT molecular complexity index is 731. The Morgan fingerprint density at radius 3 is 1.62 bits per heavy atom. The molecule has 0 amide bonds. The van der Waals surface area contributed by atoms with Gasteiger partial charge in [-0.2, -0.15) is 13.2 Å². The van der Waals surface area contributed by atoms with Gasteiger partial charge in [-0.1, -0.05) is 0 Å². The average molecular weight is 308 g/mol. The number of phenolic OH excluding ortho intramolecular Hbond substituents is 4. The molecule has 0 saturated heterocycles. The predicted molar refractivity (Wildman–Crippen MR) is 58.3 cm³/mol. The molecule has 0 aliphatic carbocycles. The SMILES string of the molecule is Oc1cc(-c2c(F)c(O)c(O)c(F)c2F)c(O)c(F)c1F. The molecule has 0 fully saturated rings. The molecule has 0 unspecified atom stereocenters. The van der Waals surface area contributed by atoms with E-state index in [0.717, 1.165) is 0 Å². The lowest BCUT2D eigenvalue weighted by Crippen LogP contribution is -1.98. The Kier molecular flexibility index (Phi) is 3.28. The largest absolute Gasteiger partial charge is 0.505 e. The van der Waals surface area contributed by atoms with Crippen molar-refractivity contribution in [3.8, 4) is 34.1 Å². The number of phenols is 4. The van der Waals surface area contributed by atoms with Gasteiger partial charge in [0.25, 0.3) is 0 Å². The Balaban J connectivity index is 2.93. The van der Waals surface area contributed by atoms with Crippen molar-refractivity contribution in [3.05, 3.63) is 35.2 Å². The van der Waals surface area contributed by atoms with Crippen molar-refractivity contribution < 1.29 is 42.4 Å². The molecule has 0 bridgehead atoms. The first-order chi connectivity index (χ1) is 9.68. The van der Waals surface area contributed by atoms with Crippen molar-refractivity contribution in [1.29, 1.82) is 0 Å². The molecule has 4 nitrogen and oxygen atoms in total. The molecule has 0 aromatic heterocycles. The van der Waals surface area contributed by atoms with E-state index in [0.29, 0.717) is 0 Å². The van der Waals surface area contributed by atoms with E-state index in [2.05, 4.69) is 0 Å². The van der Waals surface area contributed by atoms with Crippen LogP contribution in [0.25, 0.3) is 11.1 Å². The minimum Gasteiger partial charge on any atom is -0.505 e. The van der Waals surface area contributed by atoms with Gasteiger partial charge in [-0.3, -0.25) is 0 Å². The van der Waals surface area contributed by atoms with E-state index in [1.54, 1.807) is 0 Å². The van der Waals surface area contributed by atoms with Crippen LogP contribution >= 0.6 is 0 Å². The molecule has 0 aliphatic rings. The fourth-order valence-corrected chi connectivity index (χ4v) is 1.67. The lowest BCUT2D eigenvalue weighted by molar-refractivity contribution is 0.345. The van der Waals surface area contributed by atoms with Crippen LogP contribution in [-0.2, 0) is 0 Å². The van der Waals surface area contributed by atoms with Crippen molar-refractivity contribution in [1.82, 2.24) is 0 Å². The average Bonchev–Trinajstić information content (AvgIpc) is 2.46. The highest BCUT2D eigenvalue weighted by Crippen LogP contribution is 2.45. The Hall–Kier alpha value is -2.71. The molecule has 0 atom stereocenters. The van der Waals surface area contributed by atoms with Crippen LogP contribution in [0.5, 0.6) is 23.0 Å². The molecule has 4 N–H and O–H groups in total. The zero-order valence-corrected chi connectivity index (χ0v) is 9.76. The van der Waals surface area contributed by atoms with E-state index < -0.39 is 63.2 Å². The van der Waals surface area contributed by atoms with Gasteiger partial charge in [-0.05, 0) is 6.07 Å². The third-order valence-electron chi connectivity index (χ3n) is 2.70. The number of rotatable bonds is 1. The van der Waals surface area contributed by atoms with Gasteiger partial charge >= 0.3 is 0 Å². The monoisotopic (exact) mass is 308 g/mol. The van der Waals surface area contributed by atoms with E-state index in [1.807, 2.05) is 0 Å². The maximum absolute atomic E-state index is 13.7. The molecule has 0 saturated carbocycles. The maximum Gasteiger partial charge on any atom is 0.205 e. The predicted octanol–water partition coefficient (Wildman–Crippen LogP) is 2.87. The summed E-state index contributed by atoms with van der Waals surface area (Å²) in [4.78, 5) is 0. The first-order valence-corrected chi connectivity index (χ1v) is 5.17. The standard InChI is InChI=1S/C12H5F5O4/c13-5-3(18)1-2(10(19)8(5)16)4-6(14)9(17)12(21)11(20)7(4)15/h1,18-21H. The van der Waals surface area contributed by atoms with E-state index in [9.17, 15) is 27.1 Å². The smallest absolute Gasteiger partial charge is 0.205 e. The van der Waals surface area contributed by atoms with Crippen LogP contribution in [0.15, 0.2) is 6.07 Å². The summed E-state index contributed by atoms with van der Waals surface area (Å²) in [7, 11) is 0. The Morgan fingerprint density at radius 2 is 1.05 bits per heavy atom. The van der Waals surface area contributed by atoms with Gasteiger partial charge in [0, 0.05) is 5.56 Å². The zero-order valence-electron chi connectivity index (χ0n) is 9.76. The Labute approximate surface area is 112 Å². The molecule has 112 valence electrons. The topological polar surface area (TPSA) is 80.9 Å². The molecule has 9 heteroatoms. The van der Waals surface area contributed by atoms with E-state index >= 15 is 0 Å². The summed E-state index contributed by atoms with van der Waals surface area (Å²) in [6.45, 7) is 0. The minimum atomic E-state index is -2.08. The molecule has 21 heavy (non-hydrogen) atoms. The number of aromatic hydroxyl groups is 4. The highest BCUT2D eigenvalue weighted by Gasteiger charge is 2.29. The van der Waals surface area contributed by atoms with Gasteiger partial charge in [0.2, 0.25) is 17.5 Å². The molecular formula is C12H5F5O4. The summed E-state index contributed by atoms with van der Waals surface area (Å²) in [5, 5.41) is 36.4. The summed E-state index contributed by atoms with van der Waals surface area (Å²) in [6.07, 6.45) is 0. The second-order valence-electron chi connectivity index (χ2n) is 3.93. The first-order valence-electron chi connectivity index (χ1n) is 5.17. The molecule has 2 rings (SSSR count). The second kappa shape index (κ2) is 4.69. The summed E-state index contributed by atoms with van der Waals surface area (Å²) in [5.41, 5.74) is -2.65. The number of halogens is 5. The molecule has 0 radical (unpaired) electrons. The van der Waals surface area contributed by atoms with Gasteiger partial charge < -0.3 is 20.4 Å². The van der Waals surface area contributed by atoms with Crippen LogP contribution in [-0.4, -0.2) is 20.4 Å². The second-order valence-corrected chi connectivity index (χ2v) is 3.93. The number of hydrogen-bond acceptors (Lipinski definition) is 4. The van der Waals surface area contributed by atoms with E-state index in [-0.39, 0.29) is 6.07 Å². The van der Waals surface area contributed by atoms with Crippen molar-refractivity contribution in [2.45, 2.75) is 0 Å². The molecule has 2 aromatic rings. The van der Waals surface area contributed by atoms with Gasteiger partial charge in [0.1, 0.15) is 0 Å². The van der Waals surface area contributed by atoms with Gasteiger partial charge in [-0.25, -0.2) is 8.78 Å². The molecular weight excluding hydrogens is 303 g/mol. The lowest BCUT2D eigenvalue weighted by atomic mass is 10.0. The Morgan fingerprint density at radius 1 is 0.571 bits per heavy atom. The minimum absolute atomic E-state index is 0.227. The maximum atomic E-state index is 13.7. The van der Waals surface area contributed by atoms with Crippen molar-refractivity contribution in [2.24, 2.45) is 0 Å². The van der Waals surface area contributed by atoms with Crippen LogP contribution in [0.2, 0.25) is 0 Å². The van der Waals surface area contributed by atoms with E-state index in [4.69, 9.17) is 15.3 Å². The number of benzene rings is 2. The molecule has 0 spiro atoms. The lowest BCUT2D eigenvalue weighted by Gasteiger charge is -2.12. The van der Waals surface area contributed by atoms with Crippen molar-refractivity contribution in [3.63, 3.8) is 0 Å². The van der Waals surface area contributed by atoms with Crippen LogP contribution in [0.4, 0.5) is 22.0 Å². The normalized spacial score (nSPS) is 10.9. The van der Waals surface area contributed by atoms with Crippen molar-refractivity contribution in [2.75, 3.05) is 0 Å². The zero-order chi connectivity index (χ0) is 16.1. The third kappa shape index (κ3) is 1.97. The summed E-state index contributed by atoms with van der Waals surface area (Å²) < 4.78 is 66.8. The molecule has 2 aromatic carbocycles. The fraction of sp³-hybridized carbons (Fsp3) is 0. The van der Waals surface area contributed by atoms with Gasteiger partial charge in [0.15, 0.2) is 34.6 Å². The third-order valence-corrected chi connectivity index (χ3v) is 2.70. The first kappa shape index (κ1) is 14.7. The summed E-state index contributed by atoms with van der Waals surface area (Å²) >= 11 is 0. The van der Waals surface area contributed by atoms with Crippen molar-refractivity contribution >= 4 is 0 Å². The van der Waals surface area contributed by atoms with Gasteiger partial charge in [-0.15, -0.1) is 0 Å². The highest BCUT2D eigenvalue weighted by atomic mass is 19.2. The molecule has 0 aliphatic heterocycles. The van der Waals surface area contributed by atoms with E-state index in [1.165, 1.54) is 0 Å². The summed E-state index contributed by atoms with van der Waals surface area (Å²) in [6, 6.07) is 0.227.